The standard InChI is InChI=1S/C17H14Cl2FN3S/c18-13-9-15-14(10-16(19)23(15)24-20)21-17(13)11-3-5-12(6-4-11)22-7-1-2-8-22/h3-6,9-10H,1-2,7-8H2. The van der Waals surface area contributed by atoms with Gasteiger partial charge >= 0.3 is 0 Å². The molecular formula is C17H14Cl2FN3S. The van der Waals surface area contributed by atoms with Crippen molar-refractivity contribution >= 4 is 52.3 Å². The molecule has 0 atom stereocenters. The highest BCUT2D eigenvalue weighted by Crippen LogP contribution is 2.35. The van der Waals surface area contributed by atoms with E-state index in [4.69, 9.17) is 23.2 Å². The molecule has 0 saturated carbocycles. The van der Waals surface area contributed by atoms with Crippen LogP contribution in [0.4, 0.5) is 9.57 Å². The molecule has 0 N–H and O–H groups in total. The molecule has 24 heavy (non-hydrogen) atoms. The number of aromatic nitrogens is 2. The molecule has 2 aromatic heterocycles. The van der Waals surface area contributed by atoms with E-state index < -0.39 is 0 Å². The number of hydrogen-bond donors (Lipinski definition) is 0. The van der Waals surface area contributed by atoms with Gasteiger partial charge in [0.25, 0.3) is 0 Å². The maximum Gasteiger partial charge on any atom is 0.171 e. The Labute approximate surface area is 153 Å². The summed E-state index contributed by atoms with van der Waals surface area (Å²) >= 11 is 12.4. The van der Waals surface area contributed by atoms with Crippen LogP contribution in [0.1, 0.15) is 12.8 Å². The van der Waals surface area contributed by atoms with Crippen molar-refractivity contribution in [3.63, 3.8) is 0 Å². The highest BCUT2D eigenvalue weighted by atomic mass is 35.5. The molecule has 0 radical (unpaired) electrons. The fourth-order valence-electron chi connectivity index (χ4n) is 3.13. The number of rotatable bonds is 3. The number of halogens is 3. The summed E-state index contributed by atoms with van der Waals surface area (Å²) in [5, 5.41) is 0.754. The topological polar surface area (TPSA) is 21.1 Å². The van der Waals surface area contributed by atoms with Crippen LogP contribution < -0.4 is 4.90 Å². The molecule has 0 bridgehead atoms. The monoisotopic (exact) mass is 381 g/mol. The molecule has 1 saturated heterocycles. The lowest BCUT2D eigenvalue weighted by Gasteiger charge is -2.17. The Hall–Kier alpha value is -1.43. The molecule has 0 spiro atoms. The summed E-state index contributed by atoms with van der Waals surface area (Å²) in [6.45, 7) is 2.22. The van der Waals surface area contributed by atoms with Crippen LogP contribution >= 0.6 is 35.5 Å². The lowest BCUT2D eigenvalue weighted by atomic mass is 10.1. The summed E-state index contributed by atoms with van der Waals surface area (Å²) in [7, 11) is 0. The van der Waals surface area contributed by atoms with Crippen molar-refractivity contribution in [3.8, 4) is 11.3 Å². The molecule has 0 unspecified atom stereocenters. The Morgan fingerprint density at radius 3 is 2.42 bits per heavy atom. The second-order valence-electron chi connectivity index (χ2n) is 5.79. The summed E-state index contributed by atoms with van der Waals surface area (Å²) in [6.07, 6.45) is 2.49. The van der Waals surface area contributed by atoms with Gasteiger partial charge in [0.05, 0.1) is 21.7 Å². The van der Waals surface area contributed by atoms with E-state index in [2.05, 4.69) is 22.0 Å². The summed E-state index contributed by atoms with van der Waals surface area (Å²) in [6, 6.07) is 11.6. The molecular weight excluding hydrogens is 368 g/mol. The lowest BCUT2D eigenvalue weighted by molar-refractivity contribution is 0.921. The molecule has 1 fully saturated rings. The minimum Gasteiger partial charge on any atom is -0.372 e. The molecule has 3 aromatic rings. The van der Waals surface area contributed by atoms with Gasteiger partial charge in [0.2, 0.25) is 0 Å². The number of nitrogens with zero attached hydrogens (tertiary/aromatic N) is 3. The van der Waals surface area contributed by atoms with Crippen molar-refractivity contribution in [1.29, 1.82) is 0 Å². The predicted molar refractivity (Wildman–Crippen MR) is 101 cm³/mol. The van der Waals surface area contributed by atoms with E-state index in [1.165, 1.54) is 22.5 Å². The van der Waals surface area contributed by atoms with Gasteiger partial charge in [0, 0.05) is 30.4 Å². The Balaban J connectivity index is 1.74. The zero-order valence-corrected chi connectivity index (χ0v) is 15.0. The van der Waals surface area contributed by atoms with Crippen LogP contribution in [0.5, 0.6) is 0 Å². The SMILES string of the molecule is FSn1c(Cl)cc2nc(-c3ccc(N4CCCC4)cc3)c(Cl)cc21. The number of pyridine rings is 1. The van der Waals surface area contributed by atoms with Crippen LogP contribution in [0, 0.1) is 0 Å². The Bertz CT molecular complexity index is 889. The zero-order valence-electron chi connectivity index (χ0n) is 12.7. The van der Waals surface area contributed by atoms with Crippen molar-refractivity contribution in [2.24, 2.45) is 0 Å². The van der Waals surface area contributed by atoms with Gasteiger partial charge in [0.1, 0.15) is 5.15 Å². The highest BCUT2D eigenvalue weighted by molar-refractivity contribution is 7.93. The first-order valence-corrected chi connectivity index (χ1v) is 9.12. The van der Waals surface area contributed by atoms with Crippen LogP contribution in [-0.2, 0) is 0 Å². The maximum atomic E-state index is 13.0. The minimum atomic E-state index is 0.0386. The van der Waals surface area contributed by atoms with Gasteiger partial charge in [-0.15, -0.1) is 3.89 Å². The molecule has 4 rings (SSSR count). The molecule has 0 aliphatic carbocycles. The first-order valence-electron chi connectivity index (χ1n) is 7.69. The smallest absolute Gasteiger partial charge is 0.171 e. The summed E-state index contributed by atoms with van der Waals surface area (Å²) in [5.74, 6) is 0. The number of benzene rings is 1. The average molecular weight is 382 g/mol. The van der Waals surface area contributed by atoms with Crippen molar-refractivity contribution in [2.75, 3.05) is 18.0 Å². The third kappa shape index (κ3) is 2.75. The van der Waals surface area contributed by atoms with Gasteiger partial charge in [-0.3, -0.25) is 0 Å². The average Bonchev–Trinajstić information content (AvgIpc) is 3.21. The third-order valence-corrected chi connectivity index (χ3v) is 5.53. The van der Waals surface area contributed by atoms with Crippen molar-refractivity contribution < 1.29 is 3.89 Å². The molecule has 1 aromatic carbocycles. The third-order valence-electron chi connectivity index (χ3n) is 4.33. The van der Waals surface area contributed by atoms with Crippen LogP contribution in [-0.4, -0.2) is 22.0 Å². The van der Waals surface area contributed by atoms with Crippen LogP contribution in [0.2, 0.25) is 10.2 Å². The van der Waals surface area contributed by atoms with Gasteiger partial charge in [-0.25, -0.2) is 8.96 Å². The first-order chi connectivity index (χ1) is 11.7. The normalized spacial score (nSPS) is 14.7. The van der Waals surface area contributed by atoms with Gasteiger partial charge < -0.3 is 4.90 Å². The molecule has 1 aliphatic rings. The van der Waals surface area contributed by atoms with Crippen LogP contribution in [0.15, 0.2) is 36.4 Å². The van der Waals surface area contributed by atoms with E-state index in [1.54, 1.807) is 12.1 Å². The second kappa shape index (κ2) is 6.47. The van der Waals surface area contributed by atoms with E-state index in [-0.39, 0.29) is 17.5 Å². The largest absolute Gasteiger partial charge is 0.372 e. The molecule has 3 heterocycles. The Morgan fingerprint density at radius 2 is 1.75 bits per heavy atom. The van der Waals surface area contributed by atoms with Crippen molar-refractivity contribution in [2.45, 2.75) is 12.8 Å². The first kappa shape index (κ1) is 16.1. The van der Waals surface area contributed by atoms with Gasteiger partial charge in [-0.1, -0.05) is 35.3 Å². The zero-order chi connectivity index (χ0) is 16.7. The van der Waals surface area contributed by atoms with Crippen LogP contribution in [0.25, 0.3) is 22.3 Å². The summed E-state index contributed by atoms with van der Waals surface area (Å²) in [5.41, 5.74) is 4.01. The molecule has 7 heteroatoms. The molecule has 3 nitrogen and oxygen atoms in total. The summed E-state index contributed by atoms with van der Waals surface area (Å²) in [4.78, 5) is 6.95. The van der Waals surface area contributed by atoms with Crippen LogP contribution in [0.3, 0.4) is 0 Å². The van der Waals surface area contributed by atoms with Gasteiger partial charge in [-0.05, 0) is 31.0 Å². The molecule has 1 aliphatic heterocycles. The Kier molecular flexibility index (Phi) is 4.33. The van der Waals surface area contributed by atoms with Crippen molar-refractivity contribution in [3.05, 3.63) is 46.6 Å². The van der Waals surface area contributed by atoms with Gasteiger partial charge in [0.15, 0.2) is 12.3 Å². The van der Waals surface area contributed by atoms with E-state index in [9.17, 15) is 3.89 Å². The number of fused-ring (bicyclic) bond motifs is 1. The quantitative estimate of drug-likeness (QED) is 0.555. The van der Waals surface area contributed by atoms with E-state index >= 15 is 0 Å². The molecule has 124 valence electrons. The number of anilines is 1. The lowest BCUT2D eigenvalue weighted by Crippen LogP contribution is -2.17. The molecule has 0 amide bonds. The van der Waals surface area contributed by atoms with E-state index in [0.717, 1.165) is 18.7 Å². The highest BCUT2D eigenvalue weighted by Gasteiger charge is 2.16. The van der Waals surface area contributed by atoms with Gasteiger partial charge in [-0.2, -0.15) is 0 Å². The second-order valence-corrected chi connectivity index (χ2v) is 7.09. The minimum absolute atomic E-state index is 0.0386. The fourth-order valence-corrected chi connectivity index (χ4v) is 3.99. The fraction of sp³-hybridized carbons (Fsp3) is 0.235. The van der Waals surface area contributed by atoms with Crippen molar-refractivity contribution in [1.82, 2.24) is 8.96 Å². The predicted octanol–water partition coefficient (Wildman–Crippen LogP) is 5.99. The van der Waals surface area contributed by atoms with E-state index in [0.29, 0.717) is 21.7 Å². The van der Waals surface area contributed by atoms with E-state index in [1.807, 2.05) is 12.1 Å². The number of hydrogen-bond acceptors (Lipinski definition) is 3. The maximum absolute atomic E-state index is 13.0. The Morgan fingerprint density at radius 1 is 1.04 bits per heavy atom. The summed E-state index contributed by atoms with van der Waals surface area (Å²) < 4.78 is 14.3.